The fourth-order valence-corrected chi connectivity index (χ4v) is 5.23. The summed E-state index contributed by atoms with van der Waals surface area (Å²) in [5.74, 6) is 0.734. The molecule has 0 aliphatic carbocycles. The van der Waals surface area contributed by atoms with Crippen molar-refractivity contribution in [3.8, 4) is 11.5 Å². The third-order valence-electron chi connectivity index (χ3n) is 5.56. The van der Waals surface area contributed by atoms with Gasteiger partial charge >= 0.3 is 0 Å². The number of para-hydroxylation sites is 1. The minimum atomic E-state index is -3.96. The molecule has 180 valence electrons. The molecule has 0 heterocycles. The normalized spacial score (nSPS) is 12.0. The Labute approximate surface area is 201 Å². The number of aryl methyl sites for hydroxylation is 1. The fourth-order valence-electron chi connectivity index (χ4n) is 3.72. The molecule has 3 aromatic carbocycles. The number of nitrogens with one attached hydrogen (secondary N) is 1. The lowest BCUT2D eigenvalue weighted by Gasteiger charge is -2.27. The molecule has 3 rings (SSSR count). The summed E-state index contributed by atoms with van der Waals surface area (Å²) < 4.78 is 38.9. The van der Waals surface area contributed by atoms with Crippen LogP contribution in [0.4, 0.5) is 5.69 Å². The van der Waals surface area contributed by atoms with Crippen LogP contribution in [0.2, 0.25) is 0 Å². The molecule has 0 fully saturated rings. The number of carbonyl (C=O) groups excluding carboxylic acids is 1. The highest BCUT2D eigenvalue weighted by Crippen LogP contribution is 2.31. The van der Waals surface area contributed by atoms with E-state index in [1.54, 1.807) is 50.6 Å². The largest absolute Gasteiger partial charge is 0.493 e. The maximum absolute atomic E-state index is 13.5. The van der Waals surface area contributed by atoms with E-state index in [2.05, 4.69) is 5.32 Å². The number of nitrogens with zero attached hydrogens (tertiary/aromatic N) is 1. The molecule has 3 aromatic rings. The van der Waals surface area contributed by atoms with Gasteiger partial charge in [-0.2, -0.15) is 0 Å². The van der Waals surface area contributed by atoms with E-state index >= 15 is 0 Å². The molecule has 0 bridgehead atoms. The van der Waals surface area contributed by atoms with Crippen LogP contribution in [0.25, 0.3) is 0 Å². The molecule has 7 nitrogen and oxygen atoms in total. The second kappa shape index (κ2) is 11.1. The van der Waals surface area contributed by atoms with Crippen LogP contribution in [-0.2, 0) is 14.8 Å². The third kappa shape index (κ3) is 5.51. The van der Waals surface area contributed by atoms with Gasteiger partial charge in [0.25, 0.3) is 10.0 Å². The van der Waals surface area contributed by atoms with Gasteiger partial charge < -0.3 is 14.8 Å². The lowest BCUT2D eigenvalue weighted by molar-refractivity contribution is -0.120. The molecule has 8 heteroatoms. The molecule has 0 radical (unpaired) electrons. The maximum Gasteiger partial charge on any atom is 0.264 e. The van der Waals surface area contributed by atoms with E-state index in [0.29, 0.717) is 23.6 Å². The monoisotopic (exact) mass is 482 g/mol. The van der Waals surface area contributed by atoms with Crippen LogP contribution in [-0.4, -0.2) is 35.1 Å². The zero-order valence-corrected chi connectivity index (χ0v) is 20.6. The molecule has 0 aromatic heterocycles. The van der Waals surface area contributed by atoms with Gasteiger partial charge in [-0.15, -0.1) is 0 Å². The summed E-state index contributed by atoms with van der Waals surface area (Å²) in [6, 6.07) is 20.3. The summed E-state index contributed by atoms with van der Waals surface area (Å²) in [5, 5.41) is 2.97. The number of rotatable bonds is 10. The molecule has 0 spiro atoms. The molecule has 1 atom stereocenters. The highest BCUT2D eigenvalue weighted by atomic mass is 32.2. The Balaban J connectivity index is 1.91. The van der Waals surface area contributed by atoms with Crippen LogP contribution in [0.3, 0.4) is 0 Å². The Morgan fingerprint density at radius 3 is 2.21 bits per heavy atom. The summed E-state index contributed by atoms with van der Waals surface area (Å²) >= 11 is 0. The quantitative estimate of drug-likeness (QED) is 0.461. The Morgan fingerprint density at radius 1 is 0.941 bits per heavy atom. The number of benzene rings is 3. The summed E-state index contributed by atoms with van der Waals surface area (Å²) in [6.07, 6.45) is 0.608. The third-order valence-corrected chi connectivity index (χ3v) is 7.33. The number of methoxy groups -OCH3 is 2. The smallest absolute Gasteiger partial charge is 0.264 e. The van der Waals surface area contributed by atoms with Crippen molar-refractivity contribution in [2.45, 2.75) is 31.2 Å². The molecule has 0 aliphatic heterocycles. The van der Waals surface area contributed by atoms with Gasteiger partial charge in [-0.3, -0.25) is 9.10 Å². The lowest BCUT2D eigenvalue weighted by Crippen LogP contribution is -2.42. The van der Waals surface area contributed by atoms with Gasteiger partial charge in [-0.25, -0.2) is 8.42 Å². The van der Waals surface area contributed by atoms with E-state index in [1.807, 2.05) is 38.1 Å². The molecule has 0 aliphatic rings. The Bertz CT molecular complexity index is 1230. The number of anilines is 1. The van der Waals surface area contributed by atoms with Crippen molar-refractivity contribution in [3.05, 3.63) is 83.9 Å². The number of carbonyl (C=O) groups is 1. The van der Waals surface area contributed by atoms with Crippen LogP contribution in [0.1, 0.15) is 30.5 Å². The molecule has 34 heavy (non-hydrogen) atoms. The van der Waals surface area contributed by atoms with Crippen molar-refractivity contribution in [1.29, 1.82) is 0 Å². The Morgan fingerprint density at radius 2 is 1.59 bits per heavy atom. The first-order chi connectivity index (χ1) is 16.3. The Kier molecular flexibility index (Phi) is 8.17. The Hall–Kier alpha value is -3.52. The summed E-state index contributed by atoms with van der Waals surface area (Å²) in [5.41, 5.74) is 2.05. The van der Waals surface area contributed by atoms with Crippen LogP contribution in [0, 0.1) is 6.92 Å². The molecule has 1 unspecified atom stereocenters. The highest BCUT2D eigenvalue weighted by molar-refractivity contribution is 7.92. The van der Waals surface area contributed by atoms with Crippen LogP contribution < -0.4 is 19.1 Å². The van der Waals surface area contributed by atoms with Crippen molar-refractivity contribution >= 4 is 21.6 Å². The van der Waals surface area contributed by atoms with Crippen LogP contribution >= 0.6 is 0 Å². The molecule has 0 saturated carbocycles. The minimum absolute atomic E-state index is 0.123. The van der Waals surface area contributed by atoms with Crippen LogP contribution in [0.5, 0.6) is 11.5 Å². The SMILES string of the molecule is CCC(NC(=O)CN(c1ccccc1C)S(=O)(=O)c1ccccc1)c1ccc(OC)c(OC)c1. The van der Waals surface area contributed by atoms with Gasteiger partial charge in [0.2, 0.25) is 5.91 Å². The molecule has 1 amide bonds. The zero-order valence-electron chi connectivity index (χ0n) is 19.8. The van der Waals surface area contributed by atoms with E-state index in [9.17, 15) is 13.2 Å². The van der Waals surface area contributed by atoms with Gasteiger partial charge in [0.15, 0.2) is 11.5 Å². The first-order valence-corrected chi connectivity index (χ1v) is 12.4. The number of ether oxygens (including phenoxy) is 2. The summed E-state index contributed by atoms with van der Waals surface area (Å²) in [7, 11) is -0.852. The number of hydrogen-bond donors (Lipinski definition) is 1. The highest BCUT2D eigenvalue weighted by Gasteiger charge is 2.29. The van der Waals surface area contributed by atoms with Gasteiger partial charge in [-0.1, -0.05) is 49.4 Å². The van der Waals surface area contributed by atoms with Gasteiger partial charge in [-0.05, 0) is 54.8 Å². The van der Waals surface area contributed by atoms with E-state index in [1.165, 1.54) is 12.1 Å². The standard InChI is InChI=1S/C26H30N2O5S/c1-5-22(20-15-16-24(32-3)25(17-20)33-4)27-26(29)18-28(23-14-10-9-11-19(23)2)34(30,31)21-12-7-6-8-13-21/h6-17,22H,5,18H2,1-4H3,(H,27,29). The van der Waals surface area contributed by atoms with E-state index in [-0.39, 0.29) is 17.5 Å². The van der Waals surface area contributed by atoms with Crippen molar-refractivity contribution < 1.29 is 22.7 Å². The van der Waals surface area contributed by atoms with Crippen molar-refractivity contribution in [3.63, 3.8) is 0 Å². The molecule has 0 saturated heterocycles. The topological polar surface area (TPSA) is 84.9 Å². The maximum atomic E-state index is 13.5. The first kappa shape index (κ1) is 25.1. The number of amides is 1. The average molecular weight is 483 g/mol. The van der Waals surface area contributed by atoms with Crippen molar-refractivity contribution in [2.75, 3.05) is 25.1 Å². The second-order valence-corrected chi connectivity index (χ2v) is 9.62. The lowest BCUT2D eigenvalue weighted by atomic mass is 10.0. The summed E-state index contributed by atoms with van der Waals surface area (Å²) in [4.78, 5) is 13.3. The molecular weight excluding hydrogens is 452 g/mol. The molecular formula is C26H30N2O5S. The van der Waals surface area contributed by atoms with E-state index < -0.39 is 15.9 Å². The van der Waals surface area contributed by atoms with E-state index in [4.69, 9.17) is 9.47 Å². The number of sulfonamides is 1. The van der Waals surface area contributed by atoms with Gasteiger partial charge in [0, 0.05) is 0 Å². The minimum Gasteiger partial charge on any atom is -0.493 e. The fraction of sp³-hybridized carbons (Fsp3) is 0.269. The predicted octanol–water partition coefficient (Wildman–Crippen LogP) is 4.48. The van der Waals surface area contributed by atoms with Crippen molar-refractivity contribution in [1.82, 2.24) is 5.32 Å². The predicted molar refractivity (Wildman–Crippen MR) is 133 cm³/mol. The van der Waals surface area contributed by atoms with Crippen molar-refractivity contribution in [2.24, 2.45) is 0 Å². The van der Waals surface area contributed by atoms with Gasteiger partial charge in [0.1, 0.15) is 6.54 Å². The van der Waals surface area contributed by atoms with E-state index in [0.717, 1.165) is 15.4 Å². The molecule has 1 N–H and O–H groups in total. The summed E-state index contributed by atoms with van der Waals surface area (Å²) in [6.45, 7) is 3.41. The van der Waals surface area contributed by atoms with Crippen LogP contribution in [0.15, 0.2) is 77.7 Å². The number of hydrogen-bond acceptors (Lipinski definition) is 5. The first-order valence-electron chi connectivity index (χ1n) is 11.0. The average Bonchev–Trinajstić information content (AvgIpc) is 2.86. The zero-order chi connectivity index (χ0) is 24.7. The van der Waals surface area contributed by atoms with Gasteiger partial charge in [0.05, 0.1) is 30.8 Å². The second-order valence-electron chi connectivity index (χ2n) is 7.75.